The summed E-state index contributed by atoms with van der Waals surface area (Å²) in [5, 5.41) is 17.3. The molecule has 0 bridgehead atoms. The quantitative estimate of drug-likeness (QED) is 0.809. The Morgan fingerprint density at radius 3 is 2.79 bits per heavy atom. The van der Waals surface area contributed by atoms with Crippen LogP contribution in [0.2, 0.25) is 0 Å². The number of hydrogen-bond acceptors (Lipinski definition) is 5. The second kappa shape index (κ2) is 6.67. The normalized spacial score (nSPS) is 29.9. The summed E-state index contributed by atoms with van der Waals surface area (Å²) >= 11 is 0. The van der Waals surface area contributed by atoms with Crippen molar-refractivity contribution in [1.82, 2.24) is 15.5 Å². The maximum Gasteiger partial charge on any atom is 0.243 e. The van der Waals surface area contributed by atoms with Crippen LogP contribution in [0.1, 0.15) is 74.9 Å². The molecule has 6 heteroatoms. The molecular formula is C18H25N3O3. The fraction of sp³-hybridized carbons (Fsp3) is 0.722. The Hall–Kier alpha value is -1.69. The van der Waals surface area contributed by atoms with E-state index in [-0.39, 0.29) is 17.7 Å². The van der Waals surface area contributed by atoms with Crippen molar-refractivity contribution in [3.05, 3.63) is 23.4 Å². The maximum absolute atomic E-state index is 12.0. The van der Waals surface area contributed by atoms with Gasteiger partial charge in [0.25, 0.3) is 0 Å². The lowest BCUT2D eigenvalue weighted by Gasteiger charge is -2.14. The van der Waals surface area contributed by atoms with E-state index in [4.69, 9.17) is 4.52 Å². The number of aliphatic hydroxyl groups is 1. The van der Waals surface area contributed by atoms with Gasteiger partial charge in [-0.1, -0.05) is 10.7 Å². The first kappa shape index (κ1) is 15.8. The third-order valence-corrected chi connectivity index (χ3v) is 5.53. The van der Waals surface area contributed by atoms with Gasteiger partial charge in [-0.2, -0.15) is 4.98 Å². The summed E-state index contributed by atoms with van der Waals surface area (Å²) in [6.07, 6.45) is 9.50. The maximum atomic E-state index is 12.0. The van der Waals surface area contributed by atoms with Gasteiger partial charge in [0.1, 0.15) is 0 Å². The molecule has 1 aromatic heterocycles. The number of nitrogens with one attached hydrogen (secondary N) is 1. The summed E-state index contributed by atoms with van der Waals surface area (Å²) in [4.78, 5) is 16.5. The standard InChI is InChI=1S/C18H25N3O3/c22-15-9-13(18-20-17(21-24-18)12-5-6-12)8-14(15)10-19-16(23)7-11-3-1-2-4-11/h7,12-15,22H,1-6,8-10H2,(H,19,23)/t13-,14+,15+/m0/s1. The van der Waals surface area contributed by atoms with Crippen LogP contribution in [0.5, 0.6) is 0 Å². The van der Waals surface area contributed by atoms with Gasteiger partial charge in [-0.25, -0.2) is 0 Å². The molecule has 3 fully saturated rings. The molecule has 0 unspecified atom stereocenters. The van der Waals surface area contributed by atoms with Crippen molar-refractivity contribution in [3.8, 4) is 0 Å². The zero-order valence-electron chi connectivity index (χ0n) is 13.9. The number of amides is 1. The SMILES string of the molecule is O=C(C=C1CCCC1)NC[C@H]1C[C@H](c2nc(C3CC3)no2)C[C@H]1O. The van der Waals surface area contributed by atoms with Gasteiger partial charge in [0.15, 0.2) is 5.82 Å². The molecule has 0 saturated heterocycles. The van der Waals surface area contributed by atoms with Gasteiger partial charge in [0, 0.05) is 30.4 Å². The van der Waals surface area contributed by atoms with Gasteiger partial charge in [-0.05, 0) is 51.4 Å². The molecule has 4 rings (SSSR count). The highest BCUT2D eigenvalue weighted by Crippen LogP contribution is 2.41. The van der Waals surface area contributed by atoms with E-state index in [0.717, 1.165) is 37.9 Å². The van der Waals surface area contributed by atoms with Crippen molar-refractivity contribution >= 4 is 5.91 Å². The van der Waals surface area contributed by atoms with E-state index < -0.39 is 6.10 Å². The summed E-state index contributed by atoms with van der Waals surface area (Å²) in [6, 6.07) is 0. The molecule has 6 nitrogen and oxygen atoms in total. The Balaban J connectivity index is 1.29. The Labute approximate surface area is 141 Å². The first-order valence-corrected chi connectivity index (χ1v) is 9.18. The average molecular weight is 331 g/mol. The average Bonchev–Trinajstić information content (AvgIpc) is 2.98. The highest BCUT2D eigenvalue weighted by molar-refractivity contribution is 5.88. The van der Waals surface area contributed by atoms with Crippen LogP contribution in [0.3, 0.4) is 0 Å². The molecule has 3 saturated carbocycles. The van der Waals surface area contributed by atoms with E-state index in [1.165, 1.54) is 18.4 Å². The molecule has 1 amide bonds. The van der Waals surface area contributed by atoms with Gasteiger partial charge in [-0.15, -0.1) is 0 Å². The van der Waals surface area contributed by atoms with Gasteiger partial charge < -0.3 is 14.9 Å². The Morgan fingerprint density at radius 1 is 1.25 bits per heavy atom. The van der Waals surface area contributed by atoms with Crippen LogP contribution in [-0.2, 0) is 4.79 Å². The zero-order chi connectivity index (χ0) is 16.5. The van der Waals surface area contributed by atoms with E-state index >= 15 is 0 Å². The predicted molar refractivity (Wildman–Crippen MR) is 87.3 cm³/mol. The summed E-state index contributed by atoms with van der Waals surface area (Å²) in [6.45, 7) is 0.504. The summed E-state index contributed by atoms with van der Waals surface area (Å²) in [5.41, 5.74) is 1.25. The van der Waals surface area contributed by atoms with Crippen LogP contribution in [0.4, 0.5) is 0 Å². The largest absolute Gasteiger partial charge is 0.393 e. The highest BCUT2D eigenvalue weighted by atomic mass is 16.5. The summed E-state index contributed by atoms with van der Waals surface area (Å²) in [7, 11) is 0. The third kappa shape index (κ3) is 3.53. The second-order valence-corrected chi connectivity index (χ2v) is 7.52. The molecule has 24 heavy (non-hydrogen) atoms. The van der Waals surface area contributed by atoms with E-state index in [9.17, 15) is 9.90 Å². The number of aromatic nitrogens is 2. The topological polar surface area (TPSA) is 88.3 Å². The molecule has 3 aliphatic carbocycles. The van der Waals surface area contributed by atoms with Gasteiger partial charge >= 0.3 is 0 Å². The number of rotatable bonds is 5. The van der Waals surface area contributed by atoms with E-state index in [2.05, 4.69) is 15.5 Å². The van der Waals surface area contributed by atoms with Crippen LogP contribution in [-0.4, -0.2) is 33.8 Å². The van der Waals surface area contributed by atoms with Crippen molar-refractivity contribution in [2.75, 3.05) is 6.54 Å². The molecule has 1 heterocycles. The van der Waals surface area contributed by atoms with E-state index in [0.29, 0.717) is 24.8 Å². The molecule has 3 aliphatic rings. The van der Waals surface area contributed by atoms with Crippen LogP contribution in [0, 0.1) is 5.92 Å². The van der Waals surface area contributed by atoms with Crippen LogP contribution in [0.25, 0.3) is 0 Å². The minimum Gasteiger partial charge on any atom is -0.393 e. The van der Waals surface area contributed by atoms with Crippen molar-refractivity contribution in [2.24, 2.45) is 5.92 Å². The number of carbonyl (C=O) groups excluding carboxylic acids is 1. The fourth-order valence-corrected chi connectivity index (χ4v) is 3.89. The molecule has 3 atom stereocenters. The van der Waals surface area contributed by atoms with E-state index in [1.807, 2.05) is 0 Å². The number of allylic oxidation sites excluding steroid dienone is 1. The lowest BCUT2D eigenvalue weighted by atomic mass is 10.0. The van der Waals surface area contributed by atoms with Crippen LogP contribution in [0.15, 0.2) is 16.2 Å². The van der Waals surface area contributed by atoms with Gasteiger partial charge in [0.05, 0.1) is 6.10 Å². The molecule has 0 radical (unpaired) electrons. The highest BCUT2D eigenvalue weighted by Gasteiger charge is 2.38. The van der Waals surface area contributed by atoms with Crippen molar-refractivity contribution in [3.63, 3.8) is 0 Å². The molecule has 0 spiro atoms. The number of hydrogen-bond donors (Lipinski definition) is 2. The minimum absolute atomic E-state index is 0.0311. The number of carbonyl (C=O) groups is 1. The zero-order valence-corrected chi connectivity index (χ0v) is 13.9. The van der Waals surface area contributed by atoms with Crippen molar-refractivity contribution in [2.45, 2.75) is 69.3 Å². The Bertz CT molecular complexity index is 627. The Morgan fingerprint density at radius 2 is 2.04 bits per heavy atom. The van der Waals surface area contributed by atoms with Crippen LogP contribution < -0.4 is 5.32 Å². The first-order chi connectivity index (χ1) is 11.7. The molecule has 0 aliphatic heterocycles. The molecule has 0 aromatic carbocycles. The van der Waals surface area contributed by atoms with Gasteiger partial charge in [0.2, 0.25) is 11.8 Å². The smallest absolute Gasteiger partial charge is 0.243 e. The Kier molecular flexibility index (Phi) is 4.39. The summed E-state index contributed by atoms with van der Waals surface area (Å²) in [5.74, 6) is 2.08. The second-order valence-electron chi connectivity index (χ2n) is 7.52. The third-order valence-electron chi connectivity index (χ3n) is 5.53. The van der Waals surface area contributed by atoms with Crippen molar-refractivity contribution in [1.29, 1.82) is 0 Å². The van der Waals surface area contributed by atoms with Crippen molar-refractivity contribution < 1.29 is 14.4 Å². The molecular weight excluding hydrogens is 306 g/mol. The minimum atomic E-state index is -0.425. The molecule has 130 valence electrons. The predicted octanol–water partition coefficient (Wildman–Crippen LogP) is 2.42. The molecule has 2 N–H and O–H groups in total. The monoisotopic (exact) mass is 331 g/mol. The lowest BCUT2D eigenvalue weighted by Crippen LogP contribution is -2.31. The molecule has 1 aromatic rings. The van der Waals surface area contributed by atoms with Gasteiger partial charge in [-0.3, -0.25) is 4.79 Å². The summed E-state index contributed by atoms with van der Waals surface area (Å²) < 4.78 is 5.39. The first-order valence-electron chi connectivity index (χ1n) is 9.18. The number of nitrogens with zero attached hydrogens (tertiary/aromatic N) is 2. The fourth-order valence-electron chi connectivity index (χ4n) is 3.89. The van der Waals surface area contributed by atoms with E-state index in [1.54, 1.807) is 6.08 Å². The number of aliphatic hydroxyl groups excluding tert-OH is 1. The van der Waals surface area contributed by atoms with Crippen LogP contribution >= 0.6 is 0 Å². The lowest BCUT2D eigenvalue weighted by molar-refractivity contribution is -0.116.